The summed E-state index contributed by atoms with van der Waals surface area (Å²) < 4.78 is 5.01. The third kappa shape index (κ3) is 2.25. The summed E-state index contributed by atoms with van der Waals surface area (Å²) in [5, 5.41) is 10.2. The van der Waals surface area contributed by atoms with Gasteiger partial charge in [-0.15, -0.1) is 0 Å². The van der Waals surface area contributed by atoms with Crippen LogP contribution in [-0.2, 0) is 6.42 Å². The number of hydrogen-bond donors (Lipinski definition) is 2. The summed E-state index contributed by atoms with van der Waals surface area (Å²) >= 11 is 0. The third-order valence-electron chi connectivity index (χ3n) is 2.03. The molecule has 15 heavy (non-hydrogen) atoms. The van der Waals surface area contributed by atoms with Gasteiger partial charge in [0.15, 0.2) is 0 Å². The summed E-state index contributed by atoms with van der Waals surface area (Å²) in [5.41, 5.74) is 7.47. The smallest absolute Gasteiger partial charge is 0.321 e. The van der Waals surface area contributed by atoms with Crippen LogP contribution in [-0.4, -0.2) is 10.2 Å². The summed E-state index contributed by atoms with van der Waals surface area (Å²) in [6.45, 7) is 2.10. The Kier molecular flexibility index (Phi) is 2.53. The molecule has 2 aromatic rings. The number of aryl methyl sites for hydroxylation is 1. The van der Waals surface area contributed by atoms with Crippen molar-refractivity contribution in [1.29, 1.82) is 0 Å². The van der Waals surface area contributed by atoms with E-state index in [2.05, 4.69) is 28.5 Å². The summed E-state index contributed by atoms with van der Waals surface area (Å²) in [5.74, 6) is 0. The molecule has 0 atom stereocenters. The zero-order valence-electron chi connectivity index (χ0n) is 8.40. The van der Waals surface area contributed by atoms with E-state index in [4.69, 9.17) is 10.2 Å². The lowest BCUT2D eigenvalue weighted by Gasteiger charge is -2.02. The van der Waals surface area contributed by atoms with Crippen LogP contribution in [0.2, 0.25) is 0 Å². The zero-order valence-corrected chi connectivity index (χ0v) is 8.40. The lowest BCUT2D eigenvalue weighted by Crippen LogP contribution is -1.91. The van der Waals surface area contributed by atoms with Crippen LogP contribution in [0.25, 0.3) is 0 Å². The van der Waals surface area contributed by atoms with Crippen molar-refractivity contribution in [3.63, 3.8) is 0 Å². The fraction of sp³-hybridized carbons (Fsp3) is 0.200. The third-order valence-corrected chi connectivity index (χ3v) is 2.03. The Hall–Kier alpha value is -2.04. The van der Waals surface area contributed by atoms with Crippen molar-refractivity contribution in [3.05, 3.63) is 29.8 Å². The number of nitrogens with one attached hydrogen (secondary N) is 1. The summed E-state index contributed by atoms with van der Waals surface area (Å²) in [6, 6.07) is 8.36. The Labute approximate surface area is 87.3 Å². The molecule has 78 valence electrons. The Bertz CT molecular complexity index is 452. The maximum absolute atomic E-state index is 5.31. The van der Waals surface area contributed by atoms with Crippen molar-refractivity contribution in [2.75, 3.05) is 11.1 Å². The highest BCUT2D eigenvalue weighted by Gasteiger charge is 2.02. The van der Waals surface area contributed by atoms with E-state index in [0.717, 1.165) is 12.1 Å². The molecule has 0 saturated carbocycles. The molecule has 0 amide bonds. The van der Waals surface area contributed by atoms with Gasteiger partial charge >= 0.3 is 12.0 Å². The number of rotatable bonds is 3. The minimum Gasteiger partial charge on any atom is -0.389 e. The van der Waals surface area contributed by atoms with E-state index in [9.17, 15) is 0 Å². The Balaban J connectivity index is 2.16. The molecule has 3 N–H and O–H groups in total. The van der Waals surface area contributed by atoms with Crippen LogP contribution in [0.5, 0.6) is 0 Å². The highest BCUT2D eigenvalue weighted by Crippen LogP contribution is 2.17. The van der Waals surface area contributed by atoms with Crippen molar-refractivity contribution in [2.24, 2.45) is 0 Å². The van der Waals surface area contributed by atoms with Gasteiger partial charge in [0, 0.05) is 5.69 Å². The van der Waals surface area contributed by atoms with Gasteiger partial charge in [-0.25, -0.2) is 0 Å². The van der Waals surface area contributed by atoms with Crippen LogP contribution >= 0.6 is 0 Å². The van der Waals surface area contributed by atoms with Gasteiger partial charge < -0.3 is 15.5 Å². The number of nitrogens with two attached hydrogens (primary N) is 1. The molecule has 0 fully saturated rings. The summed E-state index contributed by atoms with van der Waals surface area (Å²) in [7, 11) is 0. The number of anilines is 3. The largest absolute Gasteiger partial charge is 0.389 e. The van der Waals surface area contributed by atoms with Gasteiger partial charge in [-0.05, 0) is 24.1 Å². The number of benzene rings is 1. The molecule has 2 rings (SSSR count). The van der Waals surface area contributed by atoms with Crippen molar-refractivity contribution in [1.82, 2.24) is 10.2 Å². The molecule has 0 spiro atoms. The van der Waals surface area contributed by atoms with Crippen LogP contribution in [0.15, 0.2) is 28.7 Å². The Morgan fingerprint density at radius 1 is 1.40 bits per heavy atom. The lowest BCUT2D eigenvalue weighted by molar-refractivity contribution is 0.593. The summed E-state index contributed by atoms with van der Waals surface area (Å²) in [4.78, 5) is 0. The van der Waals surface area contributed by atoms with E-state index >= 15 is 0 Å². The van der Waals surface area contributed by atoms with Crippen LogP contribution in [0.4, 0.5) is 17.7 Å². The maximum atomic E-state index is 5.31. The highest BCUT2D eigenvalue weighted by molar-refractivity contribution is 5.53. The predicted molar refractivity (Wildman–Crippen MR) is 57.8 cm³/mol. The van der Waals surface area contributed by atoms with Gasteiger partial charge in [-0.1, -0.05) is 29.3 Å². The first-order chi connectivity index (χ1) is 7.28. The molecule has 0 aliphatic carbocycles. The molecule has 5 heteroatoms. The van der Waals surface area contributed by atoms with Crippen molar-refractivity contribution < 1.29 is 4.42 Å². The van der Waals surface area contributed by atoms with Gasteiger partial charge in [0.2, 0.25) is 0 Å². The first-order valence-electron chi connectivity index (χ1n) is 4.73. The van der Waals surface area contributed by atoms with Gasteiger partial charge in [0.1, 0.15) is 0 Å². The second kappa shape index (κ2) is 4.00. The Morgan fingerprint density at radius 2 is 2.27 bits per heavy atom. The SMILES string of the molecule is CCc1cccc(Nc2nnc(N)o2)c1. The normalized spacial score (nSPS) is 10.2. The van der Waals surface area contributed by atoms with Crippen molar-refractivity contribution >= 4 is 17.7 Å². The topological polar surface area (TPSA) is 77.0 Å². The van der Waals surface area contributed by atoms with Crippen LogP contribution < -0.4 is 11.1 Å². The molecule has 0 radical (unpaired) electrons. The molecule has 1 aromatic heterocycles. The molecule has 5 nitrogen and oxygen atoms in total. The summed E-state index contributed by atoms with van der Waals surface area (Å²) in [6.07, 6.45) is 0.988. The minimum absolute atomic E-state index is 0.0594. The monoisotopic (exact) mass is 204 g/mol. The number of aromatic nitrogens is 2. The molecule has 0 saturated heterocycles. The first-order valence-corrected chi connectivity index (χ1v) is 4.73. The standard InChI is InChI=1S/C10H12N4O/c1-2-7-4-3-5-8(6-7)12-10-14-13-9(11)15-10/h3-6H,2H2,1H3,(H2,11,13)(H,12,14). The van der Waals surface area contributed by atoms with Gasteiger partial charge in [-0.2, -0.15) is 0 Å². The predicted octanol–water partition coefficient (Wildman–Crippen LogP) is 1.96. The number of nitrogen functional groups attached to an aromatic ring is 1. The minimum atomic E-state index is 0.0594. The molecule has 0 unspecified atom stereocenters. The molecule has 1 heterocycles. The Morgan fingerprint density at radius 3 is 2.93 bits per heavy atom. The van der Waals surface area contributed by atoms with E-state index in [1.54, 1.807) is 0 Å². The second-order valence-electron chi connectivity index (χ2n) is 3.12. The van der Waals surface area contributed by atoms with Crippen LogP contribution in [0.1, 0.15) is 12.5 Å². The quantitative estimate of drug-likeness (QED) is 0.799. The van der Waals surface area contributed by atoms with E-state index in [-0.39, 0.29) is 6.01 Å². The average molecular weight is 204 g/mol. The second-order valence-corrected chi connectivity index (χ2v) is 3.12. The zero-order chi connectivity index (χ0) is 10.7. The molecular formula is C10H12N4O. The van der Waals surface area contributed by atoms with E-state index in [0.29, 0.717) is 6.01 Å². The lowest BCUT2D eigenvalue weighted by atomic mass is 10.1. The average Bonchev–Trinajstić information content (AvgIpc) is 2.64. The number of hydrogen-bond acceptors (Lipinski definition) is 5. The van der Waals surface area contributed by atoms with Gasteiger partial charge in [-0.3, -0.25) is 0 Å². The van der Waals surface area contributed by atoms with Gasteiger partial charge in [0.25, 0.3) is 0 Å². The fourth-order valence-corrected chi connectivity index (χ4v) is 1.28. The van der Waals surface area contributed by atoms with Crippen LogP contribution in [0, 0.1) is 0 Å². The van der Waals surface area contributed by atoms with Crippen molar-refractivity contribution in [2.45, 2.75) is 13.3 Å². The molecule has 0 aliphatic rings. The molecule has 1 aromatic carbocycles. The molecule has 0 bridgehead atoms. The van der Waals surface area contributed by atoms with Gasteiger partial charge in [0.05, 0.1) is 0 Å². The first kappa shape index (κ1) is 9.51. The molecule has 0 aliphatic heterocycles. The van der Waals surface area contributed by atoms with Crippen molar-refractivity contribution in [3.8, 4) is 0 Å². The maximum Gasteiger partial charge on any atom is 0.321 e. The van der Waals surface area contributed by atoms with E-state index in [1.807, 2.05) is 18.2 Å². The fourth-order valence-electron chi connectivity index (χ4n) is 1.28. The van der Waals surface area contributed by atoms with E-state index in [1.165, 1.54) is 5.56 Å². The molecular weight excluding hydrogens is 192 g/mol. The van der Waals surface area contributed by atoms with E-state index < -0.39 is 0 Å². The number of nitrogens with zero attached hydrogens (tertiary/aromatic N) is 2. The highest BCUT2D eigenvalue weighted by atomic mass is 16.4. The van der Waals surface area contributed by atoms with Crippen LogP contribution in [0.3, 0.4) is 0 Å².